The molecule has 2 atom stereocenters. The molecule has 0 aromatic heterocycles. The Morgan fingerprint density at radius 3 is 2.31 bits per heavy atom. The molecule has 13 heavy (non-hydrogen) atoms. The molecule has 1 nitrogen and oxygen atoms in total. The van der Waals surface area contributed by atoms with Crippen molar-refractivity contribution in [2.45, 2.75) is 52.4 Å². The van der Waals surface area contributed by atoms with E-state index >= 15 is 0 Å². The van der Waals surface area contributed by atoms with Crippen LogP contribution in [0.4, 0.5) is 0 Å². The van der Waals surface area contributed by atoms with Gasteiger partial charge in [-0.3, -0.25) is 0 Å². The predicted octanol–water partition coefficient (Wildman–Crippen LogP) is 3.19. The van der Waals surface area contributed by atoms with E-state index in [1.165, 1.54) is 38.5 Å². The minimum atomic E-state index is 0.840. The summed E-state index contributed by atoms with van der Waals surface area (Å²) >= 11 is 0. The van der Waals surface area contributed by atoms with E-state index in [0.717, 1.165) is 24.3 Å². The topological polar surface area (TPSA) is 26.0 Å². The Labute approximate surface area is 83.1 Å². The van der Waals surface area contributed by atoms with Crippen LogP contribution in [0.15, 0.2) is 0 Å². The first-order valence-electron chi connectivity index (χ1n) is 5.94. The number of hydrogen-bond donors (Lipinski definition) is 1. The maximum atomic E-state index is 5.80. The standard InChI is InChI=1S/C12H25N/c1-10(2)7-8-11-5-3-4-6-12(11)9-13/h10-12H,3-9,13H2,1-2H3. The second kappa shape index (κ2) is 5.64. The Hall–Kier alpha value is -0.0400. The highest BCUT2D eigenvalue weighted by molar-refractivity contribution is 4.76. The van der Waals surface area contributed by atoms with Gasteiger partial charge in [0.25, 0.3) is 0 Å². The lowest BCUT2D eigenvalue weighted by Crippen LogP contribution is -2.26. The zero-order valence-corrected chi connectivity index (χ0v) is 9.26. The molecule has 2 unspecified atom stereocenters. The lowest BCUT2D eigenvalue weighted by Gasteiger charge is -2.31. The molecule has 1 heteroatoms. The molecule has 0 spiro atoms. The maximum Gasteiger partial charge on any atom is -0.00462 e. The van der Waals surface area contributed by atoms with Gasteiger partial charge in [-0.05, 0) is 37.1 Å². The summed E-state index contributed by atoms with van der Waals surface area (Å²) in [5.74, 6) is 2.65. The average molecular weight is 183 g/mol. The molecular weight excluding hydrogens is 158 g/mol. The number of hydrogen-bond acceptors (Lipinski definition) is 1. The number of nitrogens with two attached hydrogens (primary N) is 1. The van der Waals surface area contributed by atoms with Gasteiger partial charge < -0.3 is 5.73 Å². The van der Waals surface area contributed by atoms with Gasteiger partial charge in [0.05, 0.1) is 0 Å². The predicted molar refractivity (Wildman–Crippen MR) is 58.6 cm³/mol. The Kier molecular flexibility index (Phi) is 4.79. The lowest BCUT2D eigenvalue weighted by atomic mass is 9.76. The molecule has 1 aliphatic carbocycles. The van der Waals surface area contributed by atoms with Gasteiger partial charge in [-0.25, -0.2) is 0 Å². The third-order valence-electron chi connectivity index (χ3n) is 3.48. The van der Waals surface area contributed by atoms with Crippen LogP contribution < -0.4 is 5.73 Å². The van der Waals surface area contributed by atoms with E-state index in [0.29, 0.717) is 0 Å². The van der Waals surface area contributed by atoms with Gasteiger partial charge in [0, 0.05) is 0 Å². The summed E-state index contributed by atoms with van der Waals surface area (Å²) in [6, 6.07) is 0. The van der Waals surface area contributed by atoms with Gasteiger partial charge in [0.15, 0.2) is 0 Å². The van der Waals surface area contributed by atoms with Gasteiger partial charge in [-0.15, -0.1) is 0 Å². The highest BCUT2D eigenvalue weighted by atomic mass is 14.6. The van der Waals surface area contributed by atoms with E-state index in [-0.39, 0.29) is 0 Å². The van der Waals surface area contributed by atoms with Gasteiger partial charge in [-0.1, -0.05) is 39.5 Å². The molecular formula is C12H25N. The van der Waals surface area contributed by atoms with E-state index in [1.54, 1.807) is 0 Å². The van der Waals surface area contributed by atoms with E-state index in [2.05, 4.69) is 13.8 Å². The second-order valence-corrected chi connectivity index (χ2v) is 5.01. The normalized spacial score (nSPS) is 29.5. The SMILES string of the molecule is CC(C)CCC1CCCCC1CN. The van der Waals surface area contributed by atoms with E-state index in [1.807, 2.05) is 0 Å². The Balaban J connectivity index is 2.27. The molecule has 0 aromatic rings. The van der Waals surface area contributed by atoms with Crippen molar-refractivity contribution in [2.24, 2.45) is 23.5 Å². The zero-order valence-electron chi connectivity index (χ0n) is 9.26. The summed E-state index contributed by atoms with van der Waals surface area (Å²) < 4.78 is 0. The summed E-state index contributed by atoms with van der Waals surface area (Å²) in [5, 5.41) is 0. The van der Waals surface area contributed by atoms with Crippen molar-refractivity contribution in [3.05, 3.63) is 0 Å². The van der Waals surface area contributed by atoms with E-state index < -0.39 is 0 Å². The fourth-order valence-corrected chi connectivity index (χ4v) is 2.52. The second-order valence-electron chi connectivity index (χ2n) is 5.01. The molecule has 1 fully saturated rings. The molecule has 2 N–H and O–H groups in total. The highest BCUT2D eigenvalue weighted by Crippen LogP contribution is 2.33. The van der Waals surface area contributed by atoms with Crippen molar-refractivity contribution in [3.8, 4) is 0 Å². The van der Waals surface area contributed by atoms with Crippen LogP contribution in [0.3, 0.4) is 0 Å². The molecule has 0 saturated heterocycles. The van der Waals surface area contributed by atoms with Crippen molar-refractivity contribution in [1.82, 2.24) is 0 Å². The van der Waals surface area contributed by atoms with Crippen molar-refractivity contribution in [2.75, 3.05) is 6.54 Å². The minimum Gasteiger partial charge on any atom is -0.330 e. The van der Waals surface area contributed by atoms with Gasteiger partial charge in [-0.2, -0.15) is 0 Å². The zero-order chi connectivity index (χ0) is 9.68. The van der Waals surface area contributed by atoms with Crippen LogP contribution in [0, 0.1) is 17.8 Å². The smallest absolute Gasteiger partial charge is 0.00462 e. The van der Waals surface area contributed by atoms with Crippen molar-refractivity contribution in [1.29, 1.82) is 0 Å². The van der Waals surface area contributed by atoms with Crippen molar-refractivity contribution in [3.63, 3.8) is 0 Å². The third-order valence-corrected chi connectivity index (χ3v) is 3.48. The molecule has 0 radical (unpaired) electrons. The Morgan fingerprint density at radius 2 is 1.77 bits per heavy atom. The molecule has 0 bridgehead atoms. The van der Waals surface area contributed by atoms with E-state index in [4.69, 9.17) is 5.73 Å². The molecule has 78 valence electrons. The quantitative estimate of drug-likeness (QED) is 0.711. The van der Waals surface area contributed by atoms with Gasteiger partial charge in [0.1, 0.15) is 0 Å². The lowest BCUT2D eigenvalue weighted by molar-refractivity contribution is 0.219. The van der Waals surface area contributed by atoms with Crippen LogP contribution >= 0.6 is 0 Å². The maximum absolute atomic E-state index is 5.80. The summed E-state index contributed by atoms with van der Waals surface area (Å²) in [5.41, 5.74) is 5.80. The minimum absolute atomic E-state index is 0.840. The average Bonchev–Trinajstić information content (AvgIpc) is 2.15. The monoisotopic (exact) mass is 183 g/mol. The molecule has 0 aromatic carbocycles. The van der Waals surface area contributed by atoms with Crippen LogP contribution in [-0.4, -0.2) is 6.54 Å². The summed E-state index contributed by atoms with van der Waals surface area (Å²) in [6.07, 6.45) is 8.49. The first-order chi connectivity index (χ1) is 6.24. The summed E-state index contributed by atoms with van der Waals surface area (Å²) in [7, 11) is 0. The highest BCUT2D eigenvalue weighted by Gasteiger charge is 2.23. The van der Waals surface area contributed by atoms with Crippen LogP contribution in [-0.2, 0) is 0 Å². The largest absolute Gasteiger partial charge is 0.330 e. The first-order valence-corrected chi connectivity index (χ1v) is 5.94. The van der Waals surface area contributed by atoms with Crippen LogP contribution in [0.2, 0.25) is 0 Å². The molecule has 0 aliphatic heterocycles. The van der Waals surface area contributed by atoms with Crippen molar-refractivity contribution < 1.29 is 0 Å². The summed E-state index contributed by atoms with van der Waals surface area (Å²) in [4.78, 5) is 0. The van der Waals surface area contributed by atoms with Crippen molar-refractivity contribution >= 4 is 0 Å². The van der Waals surface area contributed by atoms with Crippen LogP contribution in [0.5, 0.6) is 0 Å². The molecule has 1 rings (SSSR count). The molecule has 0 amide bonds. The van der Waals surface area contributed by atoms with E-state index in [9.17, 15) is 0 Å². The molecule has 1 aliphatic rings. The Morgan fingerprint density at radius 1 is 1.15 bits per heavy atom. The fraction of sp³-hybridized carbons (Fsp3) is 1.00. The molecule has 1 saturated carbocycles. The van der Waals surface area contributed by atoms with Crippen LogP contribution in [0.1, 0.15) is 52.4 Å². The summed E-state index contributed by atoms with van der Waals surface area (Å²) in [6.45, 7) is 5.56. The Bertz CT molecular complexity index is 131. The van der Waals surface area contributed by atoms with Crippen LogP contribution in [0.25, 0.3) is 0 Å². The fourth-order valence-electron chi connectivity index (χ4n) is 2.52. The number of rotatable bonds is 4. The van der Waals surface area contributed by atoms with Gasteiger partial charge in [0.2, 0.25) is 0 Å². The molecule has 0 heterocycles. The first kappa shape index (κ1) is 11.0. The van der Waals surface area contributed by atoms with Gasteiger partial charge >= 0.3 is 0 Å². The third kappa shape index (κ3) is 3.68.